The topological polar surface area (TPSA) is 130 Å². The zero-order valence-electron chi connectivity index (χ0n) is 22.9. The number of methoxy groups -OCH3 is 1. The van der Waals surface area contributed by atoms with Gasteiger partial charge in [-0.2, -0.15) is 5.10 Å². The number of rotatable bonds is 8. The minimum absolute atomic E-state index is 0.178. The number of carbonyl (C=O) groups is 2. The molecule has 3 aliphatic rings. The third-order valence-corrected chi connectivity index (χ3v) is 7.75. The summed E-state index contributed by atoms with van der Waals surface area (Å²) in [6.45, 7) is 7.17. The summed E-state index contributed by atoms with van der Waals surface area (Å²) in [4.78, 5) is 30.5. The number of ketones is 1. The van der Waals surface area contributed by atoms with Crippen LogP contribution in [0, 0.1) is 0 Å². The highest BCUT2D eigenvalue weighted by molar-refractivity contribution is 6.15. The number of morpholine rings is 1. The summed E-state index contributed by atoms with van der Waals surface area (Å²) < 4.78 is 23.2. The Balaban J connectivity index is 1.19. The fourth-order valence-electron chi connectivity index (χ4n) is 5.41. The predicted molar refractivity (Wildman–Crippen MR) is 150 cm³/mol. The number of allylic oxidation sites excluding steroid dienone is 1. The highest BCUT2D eigenvalue weighted by Crippen LogP contribution is 2.41. The van der Waals surface area contributed by atoms with Crippen molar-refractivity contribution < 1.29 is 33.6 Å². The third-order valence-electron chi connectivity index (χ3n) is 7.75. The molecule has 2 N–H and O–H groups in total. The van der Waals surface area contributed by atoms with Crippen LogP contribution in [0.25, 0.3) is 17.0 Å². The van der Waals surface area contributed by atoms with Gasteiger partial charge in [0.1, 0.15) is 23.9 Å². The second-order valence-corrected chi connectivity index (χ2v) is 10.2. The second-order valence-electron chi connectivity index (χ2n) is 10.2. The maximum atomic E-state index is 13.4. The molecule has 3 aromatic rings. The number of aromatic amines is 1. The molecule has 2 saturated heterocycles. The monoisotopic (exact) mass is 563 g/mol. The Morgan fingerprint density at radius 3 is 2.66 bits per heavy atom. The number of H-pyrrole nitrogens is 1. The van der Waals surface area contributed by atoms with E-state index < -0.39 is 6.09 Å². The molecular formula is C29H33N5O7. The molecule has 41 heavy (non-hydrogen) atoms. The highest BCUT2D eigenvalue weighted by atomic mass is 16.5. The van der Waals surface area contributed by atoms with Crippen LogP contribution in [0.3, 0.4) is 0 Å². The van der Waals surface area contributed by atoms with Crippen molar-refractivity contribution in [1.82, 2.24) is 24.9 Å². The minimum atomic E-state index is -0.913. The first-order chi connectivity index (χ1) is 20.0. The van der Waals surface area contributed by atoms with E-state index in [4.69, 9.17) is 18.9 Å². The van der Waals surface area contributed by atoms with Gasteiger partial charge in [-0.1, -0.05) is 0 Å². The number of carbonyl (C=O) groups excluding carboxylic acids is 1. The largest absolute Gasteiger partial charge is 0.496 e. The molecule has 0 spiro atoms. The zero-order chi connectivity index (χ0) is 28.3. The van der Waals surface area contributed by atoms with Gasteiger partial charge in [-0.15, -0.1) is 0 Å². The average Bonchev–Trinajstić information content (AvgIpc) is 3.54. The summed E-state index contributed by atoms with van der Waals surface area (Å²) in [5.74, 6) is 1.76. The predicted octanol–water partition coefficient (Wildman–Crippen LogP) is 2.69. The normalized spacial score (nSPS) is 19.0. The number of amides is 1. The van der Waals surface area contributed by atoms with E-state index in [-0.39, 0.29) is 11.5 Å². The second kappa shape index (κ2) is 11.8. The Kier molecular flexibility index (Phi) is 7.77. The van der Waals surface area contributed by atoms with E-state index in [2.05, 4.69) is 20.0 Å². The summed E-state index contributed by atoms with van der Waals surface area (Å²) in [6.07, 6.45) is 0.740. The lowest BCUT2D eigenvalue weighted by Gasteiger charge is -2.33. The Morgan fingerprint density at radius 2 is 1.90 bits per heavy atom. The number of benzene rings is 2. The molecule has 4 heterocycles. The zero-order valence-corrected chi connectivity index (χ0v) is 22.9. The third kappa shape index (κ3) is 5.71. The van der Waals surface area contributed by atoms with Gasteiger partial charge in [0.05, 0.1) is 42.7 Å². The van der Waals surface area contributed by atoms with Crippen molar-refractivity contribution in [3.8, 4) is 17.2 Å². The lowest BCUT2D eigenvalue weighted by molar-refractivity contribution is 0.0322. The number of fused-ring (bicyclic) bond motifs is 2. The van der Waals surface area contributed by atoms with Crippen molar-refractivity contribution in [2.75, 3.05) is 72.7 Å². The fraction of sp³-hybridized carbons (Fsp3) is 0.414. The number of carboxylic acid groups (broad SMARTS) is 1. The van der Waals surface area contributed by atoms with Crippen molar-refractivity contribution in [2.24, 2.45) is 0 Å². The van der Waals surface area contributed by atoms with Crippen LogP contribution in [0.1, 0.15) is 21.6 Å². The average molecular weight is 564 g/mol. The molecule has 0 bridgehead atoms. The van der Waals surface area contributed by atoms with Gasteiger partial charge < -0.3 is 29.0 Å². The molecule has 0 aliphatic carbocycles. The van der Waals surface area contributed by atoms with Crippen molar-refractivity contribution in [1.29, 1.82) is 0 Å². The molecule has 216 valence electrons. The number of hydrogen-bond donors (Lipinski definition) is 2. The summed E-state index contributed by atoms with van der Waals surface area (Å²) in [7, 11) is 1.58. The molecule has 0 saturated carbocycles. The van der Waals surface area contributed by atoms with Gasteiger partial charge in [0, 0.05) is 63.8 Å². The van der Waals surface area contributed by atoms with Gasteiger partial charge in [-0.3, -0.25) is 19.7 Å². The SMILES string of the molecule is COc1ccc2c(c1CN1CCN(C(=O)O)CC1)O/C(=C\c1n[nH]c3ccc(OCCN4CCOCC4)cc13)C2=O. The molecule has 0 unspecified atom stereocenters. The van der Waals surface area contributed by atoms with E-state index in [1.165, 1.54) is 4.90 Å². The smallest absolute Gasteiger partial charge is 0.407 e. The maximum absolute atomic E-state index is 13.4. The molecule has 2 aromatic carbocycles. The molecule has 0 radical (unpaired) electrons. The maximum Gasteiger partial charge on any atom is 0.407 e. The number of aromatic nitrogens is 2. The van der Waals surface area contributed by atoms with Crippen LogP contribution < -0.4 is 14.2 Å². The molecule has 2 fully saturated rings. The van der Waals surface area contributed by atoms with E-state index in [1.54, 1.807) is 25.3 Å². The van der Waals surface area contributed by atoms with Crippen LogP contribution in [0.4, 0.5) is 4.79 Å². The molecule has 3 aliphatic heterocycles. The van der Waals surface area contributed by atoms with Crippen LogP contribution in [0.15, 0.2) is 36.1 Å². The van der Waals surface area contributed by atoms with Gasteiger partial charge in [0.15, 0.2) is 5.76 Å². The van der Waals surface area contributed by atoms with Gasteiger partial charge in [-0.25, -0.2) is 4.79 Å². The Labute approximate surface area is 237 Å². The summed E-state index contributed by atoms with van der Waals surface area (Å²) >= 11 is 0. The van der Waals surface area contributed by atoms with Crippen molar-refractivity contribution >= 4 is 28.9 Å². The number of hydrogen-bond acceptors (Lipinski definition) is 9. The van der Waals surface area contributed by atoms with E-state index in [0.717, 1.165) is 55.1 Å². The molecule has 1 amide bonds. The summed E-state index contributed by atoms with van der Waals surface area (Å²) in [6, 6.07) is 9.22. The first-order valence-electron chi connectivity index (χ1n) is 13.8. The van der Waals surface area contributed by atoms with Gasteiger partial charge in [-0.05, 0) is 30.3 Å². The van der Waals surface area contributed by atoms with Crippen LogP contribution in [-0.4, -0.2) is 115 Å². The molecule has 1 aromatic heterocycles. The lowest BCUT2D eigenvalue weighted by Crippen LogP contribution is -2.47. The molecule has 6 rings (SSSR count). The van der Waals surface area contributed by atoms with E-state index in [1.807, 2.05) is 18.2 Å². The summed E-state index contributed by atoms with van der Waals surface area (Å²) in [5, 5.41) is 17.5. The van der Waals surface area contributed by atoms with Crippen LogP contribution in [0.5, 0.6) is 17.2 Å². The molecule has 0 atom stereocenters. The quantitative estimate of drug-likeness (QED) is 0.395. The summed E-state index contributed by atoms with van der Waals surface area (Å²) in [5.41, 5.74) is 2.62. The first kappa shape index (κ1) is 27.1. The lowest BCUT2D eigenvalue weighted by atomic mass is 10.0. The van der Waals surface area contributed by atoms with E-state index in [0.29, 0.717) is 62.1 Å². The van der Waals surface area contributed by atoms with Gasteiger partial charge >= 0.3 is 6.09 Å². The molecule has 12 nitrogen and oxygen atoms in total. The van der Waals surface area contributed by atoms with Gasteiger partial charge in [0.25, 0.3) is 0 Å². The highest BCUT2D eigenvalue weighted by Gasteiger charge is 2.33. The number of ether oxygens (including phenoxy) is 4. The molecule has 12 heteroatoms. The van der Waals surface area contributed by atoms with Crippen LogP contribution in [0.2, 0.25) is 0 Å². The fourth-order valence-corrected chi connectivity index (χ4v) is 5.41. The van der Waals surface area contributed by atoms with E-state index >= 15 is 0 Å². The molecular weight excluding hydrogens is 530 g/mol. The number of Topliss-reactive ketones (excluding diaryl/α,β-unsaturated/α-hetero) is 1. The Morgan fingerprint density at radius 1 is 1.10 bits per heavy atom. The number of piperazine rings is 1. The minimum Gasteiger partial charge on any atom is -0.496 e. The Hall–Kier alpha value is -4.13. The van der Waals surface area contributed by atoms with Crippen molar-refractivity contribution in [2.45, 2.75) is 6.54 Å². The van der Waals surface area contributed by atoms with E-state index in [9.17, 15) is 14.7 Å². The van der Waals surface area contributed by atoms with Crippen molar-refractivity contribution in [3.63, 3.8) is 0 Å². The number of nitrogens with one attached hydrogen (secondary N) is 1. The van der Waals surface area contributed by atoms with Crippen molar-refractivity contribution in [3.05, 3.63) is 52.9 Å². The van der Waals surface area contributed by atoms with Crippen LogP contribution >= 0.6 is 0 Å². The Bertz CT molecular complexity index is 1470. The first-order valence-corrected chi connectivity index (χ1v) is 13.8. The standard InChI is InChI=1S/C29H33N5O7/c1-38-25-5-3-20-27(35)26(41-28(20)22(25)18-33-6-8-34(9-7-33)29(36)37)17-24-21-16-19(2-4-23(21)30-31-24)40-15-12-32-10-13-39-14-11-32/h2-5,16-17H,6-15,18H2,1H3,(H,30,31)(H,36,37)/b26-17-. The van der Waals surface area contributed by atoms with Crippen LogP contribution in [-0.2, 0) is 11.3 Å². The van der Waals surface area contributed by atoms with Gasteiger partial charge in [0.2, 0.25) is 5.78 Å². The number of nitrogens with zero attached hydrogens (tertiary/aromatic N) is 4.